The lowest BCUT2D eigenvalue weighted by Gasteiger charge is -2.35. The quantitative estimate of drug-likeness (QED) is 0.387. The van der Waals surface area contributed by atoms with Crippen LogP contribution in [0.25, 0.3) is 22.5 Å². The molecule has 2 heterocycles. The fraction of sp³-hybridized carbons (Fsp3) is 0.481. The molecule has 0 bridgehead atoms. The summed E-state index contributed by atoms with van der Waals surface area (Å²) in [6, 6.07) is 18.5. The summed E-state index contributed by atoms with van der Waals surface area (Å²) in [6.45, 7) is 10.1. The summed E-state index contributed by atoms with van der Waals surface area (Å²) < 4.78 is 2.23. The first kappa shape index (κ1) is 21.6. The van der Waals surface area contributed by atoms with E-state index in [1.807, 2.05) is 0 Å². The van der Waals surface area contributed by atoms with Crippen molar-refractivity contribution in [3.8, 4) is 22.5 Å². The standard InChI is InChI=1S/C27H36N4/c1-5-8-15-22(7-3)31-27-24-17-11-12-18-25(24)30(20(4)13-6-2)19-21-14-9-10-16-23(21)26(27)28-29-31/h9-12,14,16-18,20,22H,5-8,13,15,19H2,1-4H3. The second-order valence-corrected chi connectivity index (χ2v) is 8.88. The van der Waals surface area contributed by atoms with Crippen LogP contribution < -0.4 is 4.90 Å². The van der Waals surface area contributed by atoms with Gasteiger partial charge in [0.15, 0.2) is 0 Å². The SMILES string of the molecule is CCCCC(CC)n1nnc2c1-c1ccccc1N(C(C)CCC)Cc1ccccc1-2. The van der Waals surface area contributed by atoms with Gasteiger partial charge in [0.2, 0.25) is 0 Å². The third-order valence-corrected chi connectivity index (χ3v) is 6.72. The molecule has 0 saturated carbocycles. The first-order valence-electron chi connectivity index (χ1n) is 12.1. The Morgan fingerprint density at radius 3 is 2.39 bits per heavy atom. The van der Waals surface area contributed by atoms with Gasteiger partial charge < -0.3 is 4.90 Å². The molecule has 31 heavy (non-hydrogen) atoms. The van der Waals surface area contributed by atoms with Crippen LogP contribution in [-0.2, 0) is 6.54 Å². The summed E-state index contributed by atoms with van der Waals surface area (Å²) in [7, 11) is 0. The molecule has 4 nitrogen and oxygen atoms in total. The predicted molar refractivity (Wildman–Crippen MR) is 130 cm³/mol. The van der Waals surface area contributed by atoms with Crippen molar-refractivity contribution in [2.24, 2.45) is 0 Å². The lowest BCUT2D eigenvalue weighted by molar-refractivity contribution is 0.396. The molecule has 0 aliphatic carbocycles. The Morgan fingerprint density at radius 1 is 0.903 bits per heavy atom. The van der Waals surface area contributed by atoms with Crippen LogP contribution in [0, 0.1) is 0 Å². The Kier molecular flexibility index (Phi) is 6.74. The highest BCUT2D eigenvalue weighted by atomic mass is 15.4. The van der Waals surface area contributed by atoms with Gasteiger partial charge in [-0.1, -0.05) is 87.7 Å². The van der Waals surface area contributed by atoms with Gasteiger partial charge in [-0.25, -0.2) is 4.68 Å². The number of anilines is 1. The van der Waals surface area contributed by atoms with Crippen molar-refractivity contribution in [1.29, 1.82) is 0 Å². The zero-order chi connectivity index (χ0) is 21.8. The summed E-state index contributed by atoms with van der Waals surface area (Å²) in [5.74, 6) is 0. The van der Waals surface area contributed by atoms with Crippen LogP contribution in [0.15, 0.2) is 48.5 Å². The molecule has 2 unspecified atom stereocenters. The number of nitrogens with zero attached hydrogens (tertiary/aromatic N) is 4. The maximum Gasteiger partial charge on any atom is 0.121 e. The van der Waals surface area contributed by atoms with E-state index in [0.29, 0.717) is 12.1 Å². The molecule has 0 fully saturated rings. The van der Waals surface area contributed by atoms with Gasteiger partial charge in [-0.05, 0) is 37.8 Å². The fourth-order valence-corrected chi connectivity index (χ4v) is 4.97. The van der Waals surface area contributed by atoms with Gasteiger partial charge in [0, 0.05) is 29.4 Å². The minimum atomic E-state index is 0.373. The lowest BCUT2D eigenvalue weighted by atomic mass is 9.94. The molecule has 0 saturated heterocycles. The minimum Gasteiger partial charge on any atom is -0.364 e. The smallest absolute Gasteiger partial charge is 0.121 e. The van der Waals surface area contributed by atoms with E-state index < -0.39 is 0 Å². The van der Waals surface area contributed by atoms with E-state index in [9.17, 15) is 0 Å². The van der Waals surface area contributed by atoms with Crippen molar-refractivity contribution >= 4 is 5.69 Å². The molecule has 1 aliphatic rings. The molecule has 164 valence electrons. The van der Waals surface area contributed by atoms with Crippen LogP contribution >= 0.6 is 0 Å². The highest BCUT2D eigenvalue weighted by Crippen LogP contribution is 2.43. The van der Waals surface area contributed by atoms with Crippen LogP contribution in [0.4, 0.5) is 5.69 Å². The van der Waals surface area contributed by atoms with Gasteiger partial charge >= 0.3 is 0 Å². The lowest BCUT2D eigenvalue weighted by Crippen LogP contribution is -2.33. The Morgan fingerprint density at radius 2 is 1.65 bits per heavy atom. The summed E-state index contributed by atoms with van der Waals surface area (Å²) >= 11 is 0. The van der Waals surface area contributed by atoms with E-state index in [1.54, 1.807) is 0 Å². The number of aromatic nitrogens is 3. The average molecular weight is 417 g/mol. The average Bonchev–Trinajstić information content (AvgIpc) is 3.21. The van der Waals surface area contributed by atoms with Crippen LogP contribution in [0.3, 0.4) is 0 Å². The Hall–Kier alpha value is -2.62. The number of hydrogen-bond donors (Lipinski definition) is 0. The Balaban J connectivity index is 1.96. The molecule has 4 rings (SSSR count). The number of fused-ring (bicyclic) bond motifs is 5. The number of benzene rings is 2. The Labute approximate surface area is 187 Å². The van der Waals surface area contributed by atoms with Gasteiger partial charge in [-0.3, -0.25) is 0 Å². The third-order valence-electron chi connectivity index (χ3n) is 6.72. The molecule has 0 amide bonds. The summed E-state index contributed by atoms with van der Waals surface area (Å²) in [5.41, 5.74) is 7.32. The Bertz CT molecular complexity index is 1010. The van der Waals surface area contributed by atoms with E-state index in [2.05, 4.69) is 85.8 Å². The van der Waals surface area contributed by atoms with Gasteiger partial charge in [0.1, 0.15) is 5.69 Å². The van der Waals surface area contributed by atoms with Crippen molar-refractivity contribution in [1.82, 2.24) is 15.0 Å². The number of hydrogen-bond acceptors (Lipinski definition) is 3. The fourth-order valence-electron chi connectivity index (χ4n) is 4.97. The van der Waals surface area contributed by atoms with E-state index in [0.717, 1.165) is 25.1 Å². The van der Waals surface area contributed by atoms with E-state index >= 15 is 0 Å². The largest absolute Gasteiger partial charge is 0.364 e. The maximum atomic E-state index is 4.78. The molecular weight excluding hydrogens is 380 g/mol. The van der Waals surface area contributed by atoms with Gasteiger partial charge in [0.25, 0.3) is 0 Å². The summed E-state index contributed by atoms with van der Waals surface area (Å²) in [4.78, 5) is 2.59. The van der Waals surface area contributed by atoms with Crippen LogP contribution in [0.1, 0.15) is 77.8 Å². The molecule has 1 aliphatic heterocycles. The second-order valence-electron chi connectivity index (χ2n) is 8.88. The number of rotatable bonds is 8. The molecule has 2 atom stereocenters. The molecule has 2 aromatic carbocycles. The predicted octanol–water partition coefficient (Wildman–Crippen LogP) is 7.26. The molecule has 0 N–H and O–H groups in total. The van der Waals surface area contributed by atoms with Gasteiger partial charge in [-0.2, -0.15) is 0 Å². The van der Waals surface area contributed by atoms with Crippen molar-refractivity contribution in [3.63, 3.8) is 0 Å². The first-order chi connectivity index (χ1) is 15.2. The zero-order valence-electron chi connectivity index (χ0n) is 19.5. The molecule has 4 heteroatoms. The van der Waals surface area contributed by atoms with E-state index in [1.165, 1.54) is 53.8 Å². The monoisotopic (exact) mass is 416 g/mol. The minimum absolute atomic E-state index is 0.373. The maximum absolute atomic E-state index is 4.78. The topological polar surface area (TPSA) is 34.0 Å². The third kappa shape index (κ3) is 4.13. The number of unbranched alkanes of at least 4 members (excludes halogenated alkanes) is 1. The van der Waals surface area contributed by atoms with Crippen LogP contribution in [-0.4, -0.2) is 21.0 Å². The molecule has 0 radical (unpaired) electrons. The van der Waals surface area contributed by atoms with Crippen LogP contribution in [0.5, 0.6) is 0 Å². The zero-order valence-corrected chi connectivity index (χ0v) is 19.5. The molecular formula is C27H36N4. The van der Waals surface area contributed by atoms with Crippen molar-refractivity contribution < 1.29 is 0 Å². The van der Waals surface area contributed by atoms with E-state index in [4.69, 9.17) is 10.3 Å². The highest BCUT2D eigenvalue weighted by molar-refractivity contribution is 5.88. The molecule has 0 spiro atoms. The summed E-state index contributed by atoms with van der Waals surface area (Å²) in [5, 5.41) is 9.53. The molecule has 3 aromatic rings. The van der Waals surface area contributed by atoms with Crippen LogP contribution in [0.2, 0.25) is 0 Å². The second kappa shape index (κ2) is 9.67. The highest BCUT2D eigenvalue weighted by Gasteiger charge is 2.29. The summed E-state index contributed by atoms with van der Waals surface area (Å²) in [6.07, 6.45) is 6.98. The normalized spacial score (nSPS) is 14.8. The van der Waals surface area contributed by atoms with Crippen molar-refractivity contribution in [3.05, 3.63) is 54.1 Å². The first-order valence-corrected chi connectivity index (χ1v) is 12.1. The van der Waals surface area contributed by atoms with Gasteiger partial charge in [-0.15, -0.1) is 5.10 Å². The number of para-hydroxylation sites is 1. The van der Waals surface area contributed by atoms with Crippen molar-refractivity contribution in [2.45, 2.75) is 84.8 Å². The van der Waals surface area contributed by atoms with Gasteiger partial charge in [0.05, 0.1) is 11.7 Å². The van der Waals surface area contributed by atoms with E-state index in [-0.39, 0.29) is 0 Å². The van der Waals surface area contributed by atoms with Crippen molar-refractivity contribution in [2.75, 3.05) is 4.90 Å². The molecule has 1 aromatic heterocycles.